The van der Waals surface area contributed by atoms with Crippen molar-refractivity contribution in [3.05, 3.63) is 16.6 Å². The molecule has 1 aromatic heterocycles. The number of hydrogen-bond acceptors (Lipinski definition) is 4. The third-order valence-corrected chi connectivity index (χ3v) is 4.13. The van der Waals surface area contributed by atoms with Gasteiger partial charge in [0, 0.05) is 30.6 Å². The number of nitrogens with zero attached hydrogens (tertiary/aromatic N) is 1. The lowest BCUT2D eigenvalue weighted by Crippen LogP contribution is -2.41. The summed E-state index contributed by atoms with van der Waals surface area (Å²) in [6, 6.07) is 0. The second-order valence-corrected chi connectivity index (χ2v) is 5.49. The van der Waals surface area contributed by atoms with Crippen molar-refractivity contribution >= 4 is 17.2 Å². The number of rotatable bonds is 4. The van der Waals surface area contributed by atoms with Crippen molar-refractivity contribution in [2.75, 3.05) is 19.6 Å². The Labute approximate surface area is 106 Å². The average Bonchev–Trinajstić information content (AvgIpc) is 2.90. The SMILES string of the molecule is CC(CNC(=O)[C@@H]1CCCNC1)c1nccs1. The summed E-state index contributed by atoms with van der Waals surface area (Å²) in [5.41, 5.74) is 0. The highest BCUT2D eigenvalue weighted by atomic mass is 32.1. The fourth-order valence-corrected chi connectivity index (χ4v) is 2.74. The first-order valence-corrected chi connectivity index (χ1v) is 7.03. The minimum Gasteiger partial charge on any atom is -0.355 e. The van der Waals surface area contributed by atoms with E-state index in [0.717, 1.165) is 30.9 Å². The molecule has 94 valence electrons. The fraction of sp³-hybridized carbons (Fsp3) is 0.667. The number of amides is 1. The third kappa shape index (κ3) is 3.51. The third-order valence-electron chi connectivity index (χ3n) is 3.12. The van der Waals surface area contributed by atoms with Gasteiger partial charge in [-0.15, -0.1) is 11.3 Å². The van der Waals surface area contributed by atoms with E-state index >= 15 is 0 Å². The van der Waals surface area contributed by atoms with Crippen LogP contribution in [-0.4, -0.2) is 30.5 Å². The molecule has 1 saturated heterocycles. The van der Waals surface area contributed by atoms with E-state index < -0.39 is 0 Å². The fourth-order valence-electron chi connectivity index (χ4n) is 2.04. The van der Waals surface area contributed by atoms with Gasteiger partial charge in [-0.2, -0.15) is 0 Å². The zero-order valence-corrected chi connectivity index (χ0v) is 10.9. The Kier molecular flexibility index (Phi) is 4.50. The lowest BCUT2D eigenvalue weighted by Gasteiger charge is -2.22. The molecule has 0 spiro atoms. The maximum Gasteiger partial charge on any atom is 0.224 e. The van der Waals surface area contributed by atoms with Crippen LogP contribution in [-0.2, 0) is 4.79 Å². The highest BCUT2D eigenvalue weighted by Crippen LogP contribution is 2.17. The Morgan fingerprint density at radius 3 is 3.29 bits per heavy atom. The topological polar surface area (TPSA) is 54.0 Å². The summed E-state index contributed by atoms with van der Waals surface area (Å²) >= 11 is 1.64. The van der Waals surface area contributed by atoms with Crippen LogP contribution < -0.4 is 10.6 Å². The first-order valence-electron chi connectivity index (χ1n) is 6.15. The van der Waals surface area contributed by atoms with Gasteiger partial charge in [0.2, 0.25) is 5.91 Å². The summed E-state index contributed by atoms with van der Waals surface area (Å²) in [4.78, 5) is 16.2. The molecule has 17 heavy (non-hydrogen) atoms. The van der Waals surface area contributed by atoms with E-state index in [2.05, 4.69) is 22.5 Å². The molecule has 1 fully saturated rings. The van der Waals surface area contributed by atoms with Crippen LogP contribution in [0, 0.1) is 5.92 Å². The number of aromatic nitrogens is 1. The minimum atomic E-state index is 0.146. The molecule has 2 heterocycles. The second kappa shape index (κ2) is 6.12. The number of carbonyl (C=O) groups excluding carboxylic acids is 1. The van der Waals surface area contributed by atoms with Crippen molar-refractivity contribution in [2.24, 2.45) is 5.92 Å². The van der Waals surface area contributed by atoms with Crippen molar-refractivity contribution in [1.82, 2.24) is 15.6 Å². The summed E-state index contributed by atoms with van der Waals surface area (Å²) in [6.07, 6.45) is 3.91. The largest absolute Gasteiger partial charge is 0.355 e. The normalized spacial score (nSPS) is 22.1. The quantitative estimate of drug-likeness (QED) is 0.852. The number of carbonyl (C=O) groups is 1. The van der Waals surface area contributed by atoms with Crippen molar-refractivity contribution in [2.45, 2.75) is 25.7 Å². The molecule has 2 atom stereocenters. The lowest BCUT2D eigenvalue weighted by atomic mass is 9.98. The molecule has 1 aliphatic heterocycles. The second-order valence-electron chi connectivity index (χ2n) is 4.56. The van der Waals surface area contributed by atoms with Crippen molar-refractivity contribution in [3.8, 4) is 0 Å². The Balaban J connectivity index is 1.75. The van der Waals surface area contributed by atoms with E-state index in [9.17, 15) is 4.79 Å². The molecule has 2 N–H and O–H groups in total. The zero-order chi connectivity index (χ0) is 12.1. The molecule has 1 aliphatic rings. The summed E-state index contributed by atoms with van der Waals surface area (Å²) < 4.78 is 0. The van der Waals surface area contributed by atoms with Gasteiger partial charge in [-0.1, -0.05) is 6.92 Å². The molecule has 1 aromatic rings. The first-order chi connectivity index (χ1) is 8.27. The number of hydrogen-bond donors (Lipinski definition) is 2. The van der Waals surface area contributed by atoms with Crippen molar-refractivity contribution in [3.63, 3.8) is 0 Å². The number of nitrogens with one attached hydrogen (secondary N) is 2. The maximum absolute atomic E-state index is 11.9. The van der Waals surface area contributed by atoms with Crippen LogP contribution in [0.2, 0.25) is 0 Å². The van der Waals surface area contributed by atoms with Gasteiger partial charge in [0.15, 0.2) is 0 Å². The molecule has 2 rings (SSSR count). The standard InChI is InChI=1S/C12H19N3OS/c1-9(12-14-5-6-17-12)7-15-11(16)10-3-2-4-13-8-10/h5-6,9-10,13H,2-4,7-8H2,1H3,(H,15,16)/t9?,10-/m1/s1. The Morgan fingerprint density at radius 1 is 1.76 bits per heavy atom. The van der Waals surface area contributed by atoms with Gasteiger partial charge in [0.05, 0.1) is 10.9 Å². The summed E-state index contributed by atoms with van der Waals surface area (Å²) in [5.74, 6) is 0.628. The maximum atomic E-state index is 11.9. The molecule has 0 bridgehead atoms. The van der Waals surface area contributed by atoms with E-state index in [1.165, 1.54) is 0 Å². The van der Waals surface area contributed by atoms with Gasteiger partial charge in [0.1, 0.15) is 0 Å². The van der Waals surface area contributed by atoms with Crippen LogP contribution in [0.25, 0.3) is 0 Å². The monoisotopic (exact) mass is 253 g/mol. The van der Waals surface area contributed by atoms with Crippen LogP contribution in [0.4, 0.5) is 0 Å². The van der Waals surface area contributed by atoms with Crippen LogP contribution >= 0.6 is 11.3 Å². The van der Waals surface area contributed by atoms with Crippen LogP contribution in [0.3, 0.4) is 0 Å². The van der Waals surface area contributed by atoms with E-state index in [1.54, 1.807) is 11.3 Å². The smallest absolute Gasteiger partial charge is 0.224 e. The van der Waals surface area contributed by atoms with E-state index in [1.807, 2.05) is 11.6 Å². The summed E-state index contributed by atoms with van der Waals surface area (Å²) in [6.45, 7) is 4.64. The van der Waals surface area contributed by atoms with E-state index in [4.69, 9.17) is 0 Å². The van der Waals surface area contributed by atoms with Crippen molar-refractivity contribution < 1.29 is 4.79 Å². The van der Waals surface area contributed by atoms with Crippen LogP contribution in [0.5, 0.6) is 0 Å². The Bertz CT molecular complexity index is 347. The lowest BCUT2D eigenvalue weighted by molar-refractivity contribution is -0.125. The van der Waals surface area contributed by atoms with Gasteiger partial charge in [-0.3, -0.25) is 4.79 Å². The van der Waals surface area contributed by atoms with Gasteiger partial charge >= 0.3 is 0 Å². The van der Waals surface area contributed by atoms with Crippen LogP contribution in [0.1, 0.15) is 30.7 Å². The predicted molar refractivity (Wildman–Crippen MR) is 69.1 cm³/mol. The average molecular weight is 253 g/mol. The number of thiazole rings is 1. The van der Waals surface area contributed by atoms with Crippen LogP contribution in [0.15, 0.2) is 11.6 Å². The molecule has 1 unspecified atom stereocenters. The number of piperidine rings is 1. The highest BCUT2D eigenvalue weighted by molar-refractivity contribution is 7.09. The Hall–Kier alpha value is -0.940. The molecule has 0 radical (unpaired) electrons. The molecule has 0 aromatic carbocycles. The van der Waals surface area contributed by atoms with Gasteiger partial charge in [0.25, 0.3) is 0 Å². The zero-order valence-electron chi connectivity index (χ0n) is 10.1. The van der Waals surface area contributed by atoms with Crippen molar-refractivity contribution in [1.29, 1.82) is 0 Å². The minimum absolute atomic E-state index is 0.146. The molecule has 0 aliphatic carbocycles. The molecule has 1 amide bonds. The highest BCUT2D eigenvalue weighted by Gasteiger charge is 2.21. The summed E-state index contributed by atoms with van der Waals surface area (Å²) in [7, 11) is 0. The summed E-state index contributed by atoms with van der Waals surface area (Å²) in [5, 5.41) is 9.35. The molecular formula is C12H19N3OS. The molecule has 4 nitrogen and oxygen atoms in total. The Morgan fingerprint density at radius 2 is 2.65 bits per heavy atom. The first kappa shape index (κ1) is 12.5. The van der Waals surface area contributed by atoms with E-state index in [0.29, 0.717) is 12.5 Å². The van der Waals surface area contributed by atoms with Gasteiger partial charge in [-0.25, -0.2) is 4.98 Å². The van der Waals surface area contributed by atoms with Gasteiger partial charge < -0.3 is 10.6 Å². The molecule has 5 heteroatoms. The van der Waals surface area contributed by atoms with E-state index in [-0.39, 0.29) is 11.8 Å². The predicted octanol–water partition coefficient (Wildman–Crippen LogP) is 1.36. The van der Waals surface area contributed by atoms with Gasteiger partial charge in [-0.05, 0) is 19.4 Å². The molecule has 0 saturated carbocycles. The molecular weight excluding hydrogens is 234 g/mol.